The van der Waals surface area contributed by atoms with Crippen LogP contribution in [0.5, 0.6) is 0 Å². The van der Waals surface area contributed by atoms with Gasteiger partial charge in [0.05, 0.1) is 32.7 Å². The number of unbranched alkanes of at least 4 members (excludes halogenated alkanes) is 24. The van der Waals surface area contributed by atoms with Crippen LogP contribution in [0.25, 0.3) is 0 Å². The summed E-state index contributed by atoms with van der Waals surface area (Å²) in [6.07, 6.45) is 34.1. The second-order valence-corrected chi connectivity index (χ2v) is 19.2. The summed E-state index contributed by atoms with van der Waals surface area (Å²) in [5, 5.41) is 0. The molecule has 354 valence electrons. The number of esters is 4. The topological polar surface area (TPSA) is 105 Å². The van der Waals surface area contributed by atoms with Gasteiger partial charge in [-0.25, -0.2) is 4.79 Å². The Morgan fingerprint density at radius 2 is 0.633 bits per heavy atom. The van der Waals surface area contributed by atoms with Gasteiger partial charge in [0.1, 0.15) is 0 Å². The molecule has 0 N–H and O–H groups in total. The van der Waals surface area contributed by atoms with Crippen molar-refractivity contribution in [3.63, 3.8) is 0 Å². The molecule has 0 bridgehead atoms. The lowest BCUT2D eigenvalue weighted by molar-refractivity contribution is -0.191. The zero-order chi connectivity index (χ0) is 44.5. The predicted octanol–water partition coefficient (Wildman–Crippen LogP) is 15.1. The van der Waals surface area contributed by atoms with E-state index in [0.717, 1.165) is 62.7 Å². The summed E-state index contributed by atoms with van der Waals surface area (Å²) < 4.78 is 22.6. The highest BCUT2D eigenvalue weighted by atomic mass is 16.6. The first-order valence-electron chi connectivity index (χ1n) is 25.6. The highest BCUT2D eigenvalue weighted by molar-refractivity contribution is 5.92. The summed E-state index contributed by atoms with van der Waals surface area (Å²) in [4.78, 5) is 53.4. The average molecular weight is 851 g/mol. The van der Waals surface area contributed by atoms with E-state index in [1.165, 1.54) is 128 Å². The van der Waals surface area contributed by atoms with Crippen molar-refractivity contribution in [1.82, 2.24) is 0 Å². The molecule has 0 aliphatic heterocycles. The summed E-state index contributed by atoms with van der Waals surface area (Å²) in [6, 6.07) is 0. The summed E-state index contributed by atoms with van der Waals surface area (Å²) in [5.41, 5.74) is -2.12. The molecule has 0 saturated heterocycles. The first-order chi connectivity index (χ1) is 28.9. The Hall–Kier alpha value is -2.12. The standard InChI is InChI=1S/C52H98O8/c1-8-36-48(53)60-52(51(56)59-42-35-29-23-17-11-14-20-26-32-39-47(6)7,43-49(54)57-40-33-27-21-15-9-12-18-24-30-37-45(2)3)44-50(55)58-41-34-28-22-16-10-13-19-25-31-38-46(4)5/h45-47H,8-44H2,1-7H3. The molecule has 0 aromatic heterocycles. The van der Waals surface area contributed by atoms with Gasteiger partial charge >= 0.3 is 23.9 Å². The van der Waals surface area contributed by atoms with Crippen molar-refractivity contribution in [3.05, 3.63) is 0 Å². The molecule has 0 rings (SSSR count). The molecular formula is C52H98O8. The molecular weight excluding hydrogens is 753 g/mol. The average Bonchev–Trinajstić information content (AvgIpc) is 3.18. The van der Waals surface area contributed by atoms with Crippen molar-refractivity contribution < 1.29 is 38.1 Å². The van der Waals surface area contributed by atoms with Crippen LogP contribution in [0, 0.1) is 17.8 Å². The van der Waals surface area contributed by atoms with E-state index in [1.807, 2.05) is 6.92 Å². The van der Waals surface area contributed by atoms with Gasteiger partial charge in [-0.2, -0.15) is 0 Å². The van der Waals surface area contributed by atoms with E-state index in [4.69, 9.17) is 18.9 Å². The molecule has 0 unspecified atom stereocenters. The van der Waals surface area contributed by atoms with Gasteiger partial charge in [0.2, 0.25) is 5.60 Å². The van der Waals surface area contributed by atoms with Gasteiger partial charge in [-0.15, -0.1) is 0 Å². The maximum Gasteiger partial charge on any atom is 0.351 e. The summed E-state index contributed by atoms with van der Waals surface area (Å²) in [7, 11) is 0. The third-order valence-corrected chi connectivity index (χ3v) is 11.5. The lowest BCUT2D eigenvalue weighted by atomic mass is 9.94. The minimum atomic E-state index is -2.12. The molecule has 8 heteroatoms. The predicted molar refractivity (Wildman–Crippen MR) is 249 cm³/mol. The number of hydrogen-bond donors (Lipinski definition) is 0. The van der Waals surface area contributed by atoms with Crippen molar-refractivity contribution in [2.24, 2.45) is 17.8 Å². The molecule has 0 aromatic carbocycles. The fourth-order valence-corrected chi connectivity index (χ4v) is 7.71. The van der Waals surface area contributed by atoms with Gasteiger partial charge in [0.15, 0.2) is 0 Å². The zero-order valence-electron chi connectivity index (χ0n) is 40.7. The van der Waals surface area contributed by atoms with E-state index in [-0.39, 0.29) is 26.2 Å². The molecule has 0 saturated carbocycles. The molecule has 0 amide bonds. The normalized spacial score (nSPS) is 11.8. The van der Waals surface area contributed by atoms with Crippen LogP contribution in [-0.4, -0.2) is 49.3 Å². The fourth-order valence-electron chi connectivity index (χ4n) is 7.71. The van der Waals surface area contributed by atoms with Crippen LogP contribution in [-0.2, 0) is 38.1 Å². The number of carbonyl (C=O) groups excluding carboxylic acids is 4. The van der Waals surface area contributed by atoms with Gasteiger partial charge in [-0.05, 0) is 43.4 Å². The van der Waals surface area contributed by atoms with Crippen molar-refractivity contribution in [3.8, 4) is 0 Å². The van der Waals surface area contributed by atoms with E-state index in [2.05, 4.69) is 41.5 Å². The van der Waals surface area contributed by atoms with E-state index in [1.54, 1.807) is 0 Å². The number of hydrogen-bond acceptors (Lipinski definition) is 8. The minimum Gasteiger partial charge on any atom is -0.466 e. The molecule has 0 aromatic rings. The lowest BCUT2D eigenvalue weighted by Crippen LogP contribution is -2.48. The van der Waals surface area contributed by atoms with E-state index < -0.39 is 42.3 Å². The van der Waals surface area contributed by atoms with Crippen molar-refractivity contribution in [1.29, 1.82) is 0 Å². The van der Waals surface area contributed by atoms with Crippen LogP contribution in [0.1, 0.15) is 267 Å². The van der Waals surface area contributed by atoms with Gasteiger partial charge < -0.3 is 18.9 Å². The Labute approximate surface area is 370 Å². The SMILES string of the molecule is CCCC(=O)OC(CC(=O)OCCCCCCCCCCCC(C)C)(CC(=O)OCCCCCCCCCCCC(C)C)C(=O)OCCCCCCCCCCCC(C)C. The fraction of sp³-hybridized carbons (Fsp3) is 0.923. The Kier molecular flexibility index (Phi) is 39.5. The monoisotopic (exact) mass is 851 g/mol. The van der Waals surface area contributed by atoms with E-state index in [0.29, 0.717) is 25.7 Å². The summed E-state index contributed by atoms with van der Waals surface area (Å²) in [6.45, 7) is 16.1. The van der Waals surface area contributed by atoms with Crippen LogP contribution in [0.15, 0.2) is 0 Å². The highest BCUT2D eigenvalue weighted by Gasteiger charge is 2.49. The molecule has 0 aliphatic rings. The Morgan fingerprint density at radius 3 is 0.917 bits per heavy atom. The first kappa shape index (κ1) is 57.9. The molecule has 8 nitrogen and oxygen atoms in total. The number of carbonyl (C=O) groups is 4. The second-order valence-electron chi connectivity index (χ2n) is 19.2. The summed E-state index contributed by atoms with van der Waals surface area (Å²) in [5.74, 6) is -0.566. The zero-order valence-corrected chi connectivity index (χ0v) is 40.7. The largest absolute Gasteiger partial charge is 0.466 e. The van der Waals surface area contributed by atoms with E-state index in [9.17, 15) is 19.2 Å². The minimum absolute atomic E-state index is 0.0484. The van der Waals surface area contributed by atoms with Gasteiger partial charge in [0.25, 0.3) is 0 Å². The number of ether oxygens (including phenoxy) is 4. The summed E-state index contributed by atoms with van der Waals surface area (Å²) >= 11 is 0. The molecule has 0 atom stereocenters. The maximum absolute atomic E-state index is 13.8. The van der Waals surface area contributed by atoms with Crippen LogP contribution < -0.4 is 0 Å². The Bertz CT molecular complexity index is 975. The molecule has 0 aliphatic carbocycles. The van der Waals surface area contributed by atoms with Gasteiger partial charge in [0, 0.05) is 6.42 Å². The third kappa shape index (κ3) is 37.6. The van der Waals surface area contributed by atoms with Crippen LogP contribution in [0.4, 0.5) is 0 Å². The van der Waals surface area contributed by atoms with E-state index >= 15 is 0 Å². The molecule has 0 fully saturated rings. The Morgan fingerprint density at radius 1 is 0.367 bits per heavy atom. The van der Waals surface area contributed by atoms with Gasteiger partial charge in [-0.1, -0.05) is 222 Å². The van der Waals surface area contributed by atoms with Crippen molar-refractivity contribution in [2.75, 3.05) is 19.8 Å². The molecule has 0 radical (unpaired) electrons. The number of rotatable bonds is 44. The second kappa shape index (κ2) is 40.9. The van der Waals surface area contributed by atoms with Crippen LogP contribution in [0.3, 0.4) is 0 Å². The quantitative estimate of drug-likeness (QED) is 0.0339. The molecule has 0 spiro atoms. The maximum atomic E-state index is 13.8. The smallest absolute Gasteiger partial charge is 0.351 e. The Balaban J connectivity index is 5.10. The van der Waals surface area contributed by atoms with Crippen molar-refractivity contribution in [2.45, 2.75) is 272 Å². The van der Waals surface area contributed by atoms with Crippen LogP contribution in [0.2, 0.25) is 0 Å². The molecule has 0 heterocycles. The van der Waals surface area contributed by atoms with Gasteiger partial charge in [-0.3, -0.25) is 14.4 Å². The highest BCUT2D eigenvalue weighted by Crippen LogP contribution is 2.27. The first-order valence-corrected chi connectivity index (χ1v) is 25.6. The molecule has 60 heavy (non-hydrogen) atoms. The van der Waals surface area contributed by atoms with Crippen LogP contribution >= 0.6 is 0 Å². The third-order valence-electron chi connectivity index (χ3n) is 11.5. The van der Waals surface area contributed by atoms with Crippen molar-refractivity contribution >= 4 is 23.9 Å². The lowest BCUT2D eigenvalue weighted by Gasteiger charge is -2.30.